The molecule has 0 aliphatic rings. The first-order valence-corrected chi connectivity index (χ1v) is 4.26. The molecular weight excluding hydrogens is 201 g/mol. The average Bonchev–Trinajstić information content (AvgIpc) is 2.02. The minimum atomic E-state index is -4.16. The van der Waals surface area contributed by atoms with E-state index in [9.17, 15) is 13.2 Å². The van der Waals surface area contributed by atoms with E-state index in [-0.39, 0.29) is 11.4 Å². The van der Waals surface area contributed by atoms with Gasteiger partial charge in [-0.1, -0.05) is 24.3 Å². The molecule has 1 aromatic rings. The van der Waals surface area contributed by atoms with Gasteiger partial charge in [0.05, 0.1) is 6.42 Å². The van der Waals surface area contributed by atoms with Crippen LogP contribution in [0.5, 0.6) is 0 Å². The minimum absolute atomic E-state index is 0.117. The first kappa shape index (κ1) is 10.4. The highest BCUT2D eigenvalue weighted by molar-refractivity contribution is 6.17. The van der Waals surface area contributed by atoms with E-state index in [4.69, 9.17) is 11.6 Å². The lowest BCUT2D eigenvalue weighted by Crippen LogP contribution is -2.12. The summed E-state index contributed by atoms with van der Waals surface area (Å²) in [7, 11) is 0. The quantitative estimate of drug-likeness (QED) is 0.653. The third-order valence-corrected chi connectivity index (χ3v) is 1.94. The van der Waals surface area contributed by atoms with Crippen molar-refractivity contribution in [2.24, 2.45) is 0 Å². The predicted molar refractivity (Wildman–Crippen MR) is 45.8 cm³/mol. The molecule has 72 valence electrons. The molecule has 0 saturated carbocycles. The van der Waals surface area contributed by atoms with Gasteiger partial charge in [0.15, 0.2) is 0 Å². The van der Waals surface area contributed by atoms with Gasteiger partial charge in [0.2, 0.25) is 0 Å². The molecule has 13 heavy (non-hydrogen) atoms. The highest BCUT2D eigenvalue weighted by Gasteiger charge is 2.28. The molecule has 0 N–H and O–H groups in total. The van der Waals surface area contributed by atoms with Crippen LogP contribution in [0, 0.1) is 0 Å². The Bertz CT molecular complexity index is 280. The molecule has 0 aliphatic carbocycles. The first-order chi connectivity index (χ1) is 6.03. The lowest BCUT2D eigenvalue weighted by Gasteiger charge is -2.09. The third kappa shape index (κ3) is 3.27. The largest absolute Gasteiger partial charge is 0.393 e. The van der Waals surface area contributed by atoms with Gasteiger partial charge < -0.3 is 0 Å². The molecule has 0 saturated heterocycles. The van der Waals surface area contributed by atoms with Gasteiger partial charge in [-0.05, 0) is 11.1 Å². The summed E-state index contributed by atoms with van der Waals surface area (Å²) in [6.45, 7) is 0. The van der Waals surface area contributed by atoms with Gasteiger partial charge in [-0.3, -0.25) is 0 Å². The molecule has 1 aromatic carbocycles. The van der Waals surface area contributed by atoms with Gasteiger partial charge in [0, 0.05) is 5.88 Å². The normalized spacial score (nSPS) is 11.7. The second-order valence-electron chi connectivity index (χ2n) is 2.69. The Hall–Kier alpha value is -0.700. The number of hydrogen-bond acceptors (Lipinski definition) is 0. The number of rotatable bonds is 2. The van der Waals surface area contributed by atoms with Crippen LogP contribution < -0.4 is 0 Å². The van der Waals surface area contributed by atoms with E-state index in [0.717, 1.165) is 0 Å². The minimum Gasteiger partial charge on any atom is -0.171 e. The van der Waals surface area contributed by atoms with E-state index < -0.39 is 12.6 Å². The van der Waals surface area contributed by atoms with E-state index in [1.165, 1.54) is 6.07 Å². The van der Waals surface area contributed by atoms with E-state index >= 15 is 0 Å². The fourth-order valence-electron chi connectivity index (χ4n) is 1.08. The predicted octanol–water partition coefficient (Wildman–Crippen LogP) is 3.53. The van der Waals surface area contributed by atoms with Gasteiger partial charge in [-0.25, -0.2) is 0 Å². The lowest BCUT2D eigenvalue weighted by atomic mass is 10.1. The maximum Gasteiger partial charge on any atom is 0.393 e. The van der Waals surface area contributed by atoms with Crippen LogP contribution in [0.2, 0.25) is 0 Å². The summed E-state index contributed by atoms with van der Waals surface area (Å²) in [6.07, 6.45) is -5.07. The summed E-state index contributed by atoms with van der Waals surface area (Å²) in [5.41, 5.74) is 0.798. The molecule has 0 nitrogen and oxygen atoms in total. The monoisotopic (exact) mass is 208 g/mol. The average molecular weight is 209 g/mol. The highest BCUT2D eigenvalue weighted by Crippen LogP contribution is 2.23. The standard InChI is InChI=1S/C9H8ClF3/c10-6-8-4-2-1-3-7(8)5-9(11,12)13/h1-4H,5-6H2. The van der Waals surface area contributed by atoms with Crippen LogP contribution in [-0.4, -0.2) is 6.18 Å². The second kappa shape index (κ2) is 4.01. The molecule has 1 rings (SSSR count). The van der Waals surface area contributed by atoms with E-state index in [2.05, 4.69) is 0 Å². The zero-order chi connectivity index (χ0) is 9.90. The highest BCUT2D eigenvalue weighted by atomic mass is 35.5. The van der Waals surface area contributed by atoms with Crippen molar-refractivity contribution >= 4 is 11.6 Å². The SMILES string of the molecule is FC(F)(F)Cc1ccccc1CCl. The molecule has 4 heteroatoms. The number of benzene rings is 1. The zero-order valence-corrected chi connectivity index (χ0v) is 7.49. The smallest absolute Gasteiger partial charge is 0.171 e. The zero-order valence-electron chi connectivity index (χ0n) is 6.74. The summed E-state index contributed by atoms with van der Waals surface area (Å²) in [5.74, 6) is 0.117. The van der Waals surface area contributed by atoms with Crippen molar-refractivity contribution in [1.29, 1.82) is 0 Å². The Kier molecular flexibility index (Phi) is 3.20. The fourth-order valence-corrected chi connectivity index (χ4v) is 1.34. The van der Waals surface area contributed by atoms with Crippen LogP contribution >= 0.6 is 11.6 Å². The summed E-state index contributed by atoms with van der Waals surface area (Å²) in [5, 5.41) is 0. The summed E-state index contributed by atoms with van der Waals surface area (Å²) in [4.78, 5) is 0. The summed E-state index contributed by atoms with van der Waals surface area (Å²) >= 11 is 5.49. The number of alkyl halides is 4. The summed E-state index contributed by atoms with van der Waals surface area (Å²) < 4.78 is 36.0. The molecule has 0 atom stereocenters. The van der Waals surface area contributed by atoms with E-state index in [0.29, 0.717) is 5.56 Å². The Balaban J connectivity index is 2.87. The van der Waals surface area contributed by atoms with Crippen molar-refractivity contribution in [3.05, 3.63) is 35.4 Å². The van der Waals surface area contributed by atoms with E-state index in [1.54, 1.807) is 18.2 Å². The van der Waals surface area contributed by atoms with Crippen LogP contribution in [0.3, 0.4) is 0 Å². The van der Waals surface area contributed by atoms with Crippen molar-refractivity contribution in [2.75, 3.05) is 0 Å². The van der Waals surface area contributed by atoms with Crippen LogP contribution in [0.25, 0.3) is 0 Å². The fraction of sp³-hybridized carbons (Fsp3) is 0.333. The molecule has 0 spiro atoms. The third-order valence-electron chi connectivity index (χ3n) is 1.65. The molecule has 0 aliphatic heterocycles. The van der Waals surface area contributed by atoms with Gasteiger partial charge in [0.25, 0.3) is 0 Å². The lowest BCUT2D eigenvalue weighted by molar-refractivity contribution is -0.127. The topological polar surface area (TPSA) is 0 Å². The van der Waals surface area contributed by atoms with Crippen LogP contribution in [0.15, 0.2) is 24.3 Å². The van der Waals surface area contributed by atoms with Crippen LogP contribution in [0.4, 0.5) is 13.2 Å². The molecule has 0 fully saturated rings. The van der Waals surface area contributed by atoms with Gasteiger partial charge in [0.1, 0.15) is 0 Å². The first-order valence-electron chi connectivity index (χ1n) is 3.72. The van der Waals surface area contributed by atoms with Crippen molar-refractivity contribution in [2.45, 2.75) is 18.5 Å². The molecule has 0 aromatic heterocycles. The maximum atomic E-state index is 12.0. The van der Waals surface area contributed by atoms with Crippen molar-refractivity contribution in [1.82, 2.24) is 0 Å². The Morgan fingerprint density at radius 2 is 1.62 bits per heavy atom. The molecule has 0 bridgehead atoms. The molecule has 0 heterocycles. The molecule has 0 unspecified atom stereocenters. The van der Waals surface area contributed by atoms with Gasteiger partial charge >= 0.3 is 6.18 Å². The Morgan fingerprint density at radius 1 is 1.08 bits per heavy atom. The Labute approximate surface area is 79.3 Å². The maximum absolute atomic E-state index is 12.0. The number of halogens is 4. The van der Waals surface area contributed by atoms with Crippen molar-refractivity contribution in [3.63, 3.8) is 0 Å². The van der Waals surface area contributed by atoms with Crippen LogP contribution in [0.1, 0.15) is 11.1 Å². The molecule has 0 radical (unpaired) electrons. The van der Waals surface area contributed by atoms with Gasteiger partial charge in [-0.2, -0.15) is 13.2 Å². The molecular formula is C9H8ClF3. The van der Waals surface area contributed by atoms with Crippen molar-refractivity contribution < 1.29 is 13.2 Å². The second-order valence-corrected chi connectivity index (χ2v) is 2.96. The summed E-state index contributed by atoms with van der Waals surface area (Å²) in [6, 6.07) is 6.31. The van der Waals surface area contributed by atoms with Crippen molar-refractivity contribution in [3.8, 4) is 0 Å². The van der Waals surface area contributed by atoms with E-state index in [1.807, 2.05) is 0 Å². The molecule has 0 amide bonds. The van der Waals surface area contributed by atoms with Gasteiger partial charge in [-0.15, -0.1) is 11.6 Å². The van der Waals surface area contributed by atoms with Crippen LogP contribution in [-0.2, 0) is 12.3 Å². The number of hydrogen-bond donors (Lipinski definition) is 0. The Morgan fingerprint density at radius 3 is 2.08 bits per heavy atom.